The Morgan fingerprint density at radius 1 is 1.35 bits per heavy atom. The number of ketones is 1. The van der Waals surface area contributed by atoms with E-state index >= 15 is 0 Å². The maximum absolute atomic E-state index is 12.5. The highest BCUT2D eigenvalue weighted by Crippen LogP contribution is 2.34. The summed E-state index contributed by atoms with van der Waals surface area (Å²) in [5, 5.41) is 5.28. The Morgan fingerprint density at radius 3 is 2.94 bits per heavy atom. The Labute approximate surface area is 104 Å². The Hall–Kier alpha value is -1.61. The molecular formula is C14H13NOS. The van der Waals surface area contributed by atoms with Gasteiger partial charge in [0, 0.05) is 22.7 Å². The highest BCUT2D eigenvalue weighted by Gasteiger charge is 2.29. The molecule has 1 aromatic heterocycles. The number of carbonyl (C=O) groups is 1. The van der Waals surface area contributed by atoms with Gasteiger partial charge in [-0.25, -0.2) is 0 Å². The zero-order valence-electron chi connectivity index (χ0n) is 9.57. The van der Waals surface area contributed by atoms with Crippen LogP contribution in [0.25, 0.3) is 0 Å². The highest BCUT2D eigenvalue weighted by molar-refractivity contribution is 7.10. The summed E-state index contributed by atoms with van der Waals surface area (Å²) in [6.07, 6.45) is 0. The largest absolute Gasteiger partial charge is 0.384 e. The Balaban J connectivity index is 1.98. The van der Waals surface area contributed by atoms with Gasteiger partial charge in [0.15, 0.2) is 5.78 Å². The molecule has 0 aliphatic carbocycles. The summed E-state index contributed by atoms with van der Waals surface area (Å²) >= 11 is 1.63. The number of benzene rings is 1. The summed E-state index contributed by atoms with van der Waals surface area (Å²) in [6.45, 7) is 2.72. The topological polar surface area (TPSA) is 29.1 Å². The lowest BCUT2D eigenvalue weighted by molar-refractivity contribution is 0.0966. The minimum Gasteiger partial charge on any atom is -0.384 e. The number of rotatable bonds is 2. The van der Waals surface area contributed by atoms with Crippen LogP contribution in [-0.2, 0) is 0 Å². The molecule has 1 aromatic carbocycles. The number of hydrogen-bond acceptors (Lipinski definition) is 3. The van der Waals surface area contributed by atoms with E-state index in [1.165, 1.54) is 0 Å². The van der Waals surface area contributed by atoms with E-state index in [4.69, 9.17) is 0 Å². The van der Waals surface area contributed by atoms with Gasteiger partial charge in [0.1, 0.15) is 0 Å². The number of carbonyl (C=O) groups excluding carboxylic acids is 1. The van der Waals surface area contributed by atoms with Crippen molar-refractivity contribution in [2.24, 2.45) is 0 Å². The molecule has 0 fully saturated rings. The van der Waals surface area contributed by atoms with E-state index in [0.717, 1.165) is 21.7 Å². The van der Waals surface area contributed by atoms with Crippen molar-refractivity contribution in [2.75, 3.05) is 11.9 Å². The SMILES string of the molecule is Cc1sccc1C(=O)C1CNc2ccccc21. The number of hydrogen-bond donors (Lipinski definition) is 1. The molecule has 2 heterocycles. The van der Waals surface area contributed by atoms with Crippen molar-refractivity contribution < 1.29 is 4.79 Å². The van der Waals surface area contributed by atoms with Crippen molar-refractivity contribution in [2.45, 2.75) is 12.8 Å². The molecule has 0 radical (unpaired) electrons. The van der Waals surface area contributed by atoms with Gasteiger partial charge < -0.3 is 5.32 Å². The molecule has 3 heteroatoms. The van der Waals surface area contributed by atoms with Crippen LogP contribution >= 0.6 is 11.3 Å². The smallest absolute Gasteiger partial charge is 0.173 e. The number of nitrogens with one attached hydrogen (secondary N) is 1. The van der Waals surface area contributed by atoms with Crippen molar-refractivity contribution in [3.8, 4) is 0 Å². The monoisotopic (exact) mass is 243 g/mol. The average Bonchev–Trinajstić information content (AvgIpc) is 2.94. The van der Waals surface area contributed by atoms with Crippen LogP contribution < -0.4 is 5.32 Å². The molecule has 1 atom stereocenters. The van der Waals surface area contributed by atoms with Gasteiger partial charge in [-0.1, -0.05) is 18.2 Å². The lowest BCUT2D eigenvalue weighted by Gasteiger charge is -2.08. The predicted molar refractivity (Wildman–Crippen MR) is 71.1 cm³/mol. The van der Waals surface area contributed by atoms with Crippen molar-refractivity contribution >= 4 is 22.8 Å². The van der Waals surface area contributed by atoms with E-state index in [1.54, 1.807) is 11.3 Å². The first-order valence-corrected chi connectivity index (χ1v) is 6.56. The second-order valence-corrected chi connectivity index (χ2v) is 5.40. The zero-order valence-corrected chi connectivity index (χ0v) is 10.4. The first-order chi connectivity index (χ1) is 8.27. The lowest BCUT2D eigenvalue weighted by Crippen LogP contribution is -2.14. The molecule has 2 aromatic rings. The van der Waals surface area contributed by atoms with Crippen LogP contribution in [0.3, 0.4) is 0 Å². The van der Waals surface area contributed by atoms with Crippen LogP contribution in [0.2, 0.25) is 0 Å². The van der Waals surface area contributed by atoms with E-state index in [9.17, 15) is 4.79 Å². The molecule has 3 rings (SSSR count). The maximum Gasteiger partial charge on any atom is 0.173 e. The average molecular weight is 243 g/mol. The van der Waals surface area contributed by atoms with E-state index in [0.29, 0.717) is 6.54 Å². The van der Waals surface area contributed by atoms with Crippen LogP contribution in [0, 0.1) is 6.92 Å². The molecule has 0 saturated heterocycles. The van der Waals surface area contributed by atoms with Crippen molar-refractivity contribution in [1.29, 1.82) is 0 Å². The first-order valence-electron chi connectivity index (χ1n) is 5.68. The second-order valence-electron chi connectivity index (χ2n) is 4.28. The number of anilines is 1. The Bertz CT molecular complexity index is 573. The second kappa shape index (κ2) is 4.00. The zero-order chi connectivity index (χ0) is 11.8. The molecule has 0 spiro atoms. The molecule has 1 N–H and O–H groups in total. The minimum atomic E-state index is -0.0282. The van der Waals surface area contributed by atoms with Gasteiger partial charge in [-0.2, -0.15) is 0 Å². The summed E-state index contributed by atoms with van der Waals surface area (Å²) in [4.78, 5) is 13.6. The van der Waals surface area contributed by atoms with Gasteiger partial charge in [-0.15, -0.1) is 11.3 Å². The number of fused-ring (bicyclic) bond motifs is 1. The Kier molecular flexibility index (Phi) is 2.48. The molecule has 1 unspecified atom stereocenters. The van der Waals surface area contributed by atoms with Gasteiger partial charge >= 0.3 is 0 Å². The van der Waals surface area contributed by atoms with Gasteiger partial charge in [-0.05, 0) is 30.0 Å². The third-order valence-corrected chi connectivity index (χ3v) is 4.12. The molecule has 0 bridgehead atoms. The van der Waals surface area contributed by atoms with E-state index in [2.05, 4.69) is 5.32 Å². The van der Waals surface area contributed by atoms with Crippen molar-refractivity contribution in [3.63, 3.8) is 0 Å². The fraction of sp³-hybridized carbons (Fsp3) is 0.214. The fourth-order valence-corrected chi connectivity index (χ4v) is 3.05. The standard InChI is InChI=1S/C14H13NOS/c1-9-10(6-7-17-9)14(16)12-8-15-13-5-3-2-4-11(12)13/h2-7,12,15H,8H2,1H3. The lowest BCUT2D eigenvalue weighted by atomic mass is 9.93. The highest BCUT2D eigenvalue weighted by atomic mass is 32.1. The third-order valence-electron chi connectivity index (χ3n) is 3.27. The number of para-hydroxylation sites is 1. The van der Waals surface area contributed by atoms with Gasteiger partial charge in [0.2, 0.25) is 0 Å². The summed E-state index contributed by atoms with van der Waals surface area (Å²) in [5.41, 5.74) is 3.10. The van der Waals surface area contributed by atoms with Crippen LogP contribution in [0.4, 0.5) is 5.69 Å². The molecule has 17 heavy (non-hydrogen) atoms. The molecule has 1 aliphatic heterocycles. The van der Waals surface area contributed by atoms with Crippen molar-refractivity contribution in [3.05, 3.63) is 51.7 Å². The molecule has 2 nitrogen and oxygen atoms in total. The first kappa shape index (κ1) is 10.5. The predicted octanol–water partition coefficient (Wildman–Crippen LogP) is 3.45. The number of Topliss-reactive ketones (excluding diaryl/α,β-unsaturated/α-hetero) is 1. The van der Waals surface area contributed by atoms with Crippen LogP contribution in [0.1, 0.15) is 26.7 Å². The van der Waals surface area contributed by atoms with E-state index in [1.807, 2.05) is 42.6 Å². The van der Waals surface area contributed by atoms with Gasteiger partial charge in [0.25, 0.3) is 0 Å². The minimum absolute atomic E-state index is 0.0282. The quantitative estimate of drug-likeness (QED) is 0.818. The van der Waals surface area contributed by atoms with Gasteiger partial charge in [-0.3, -0.25) is 4.79 Å². The summed E-state index contributed by atoms with van der Waals surface area (Å²) in [5.74, 6) is 0.209. The van der Waals surface area contributed by atoms with Crippen LogP contribution in [0.15, 0.2) is 35.7 Å². The van der Waals surface area contributed by atoms with E-state index in [-0.39, 0.29) is 11.7 Å². The molecule has 0 saturated carbocycles. The summed E-state index contributed by atoms with van der Waals surface area (Å²) in [7, 11) is 0. The molecule has 1 aliphatic rings. The maximum atomic E-state index is 12.5. The number of thiophene rings is 1. The molecule has 0 amide bonds. The number of aryl methyl sites for hydroxylation is 1. The normalized spacial score (nSPS) is 17.6. The van der Waals surface area contributed by atoms with E-state index < -0.39 is 0 Å². The molecular weight excluding hydrogens is 230 g/mol. The Morgan fingerprint density at radius 2 is 2.18 bits per heavy atom. The summed E-state index contributed by atoms with van der Waals surface area (Å²) < 4.78 is 0. The molecule has 86 valence electrons. The van der Waals surface area contributed by atoms with Crippen LogP contribution in [0.5, 0.6) is 0 Å². The summed E-state index contributed by atoms with van der Waals surface area (Å²) in [6, 6.07) is 9.99. The van der Waals surface area contributed by atoms with Crippen molar-refractivity contribution in [1.82, 2.24) is 0 Å². The van der Waals surface area contributed by atoms with Crippen LogP contribution in [-0.4, -0.2) is 12.3 Å². The third kappa shape index (κ3) is 1.67. The fourth-order valence-electron chi connectivity index (χ4n) is 2.35. The van der Waals surface area contributed by atoms with Gasteiger partial charge in [0.05, 0.1) is 5.92 Å².